The summed E-state index contributed by atoms with van der Waals surface area (Å²) >= 11 is 0. The lowest BCUT2D eigenvalue weighted by molar-refractivity contribution is 0.513. The Morgan fingerprint density at radius 2 is 2.31 bits per heavy atom. The minimum Gasteiger partial charge on any atom is -0.308 e. The molecule has 0 aliphatic carbocycles. The van der Waals surface area contributed by atoms with E-state index in [1.165, 1.54) is 12.3 Å². The van der Waals surface area contributed by atoms with Crippen molar-refractivity contribution < 1.29 is 4.39 Å². The molecule has 0 aliphatic heterocycles. The van der Waals surface area contributed by atoms with E-state index in [0.29, 0.717) is 0 Å². The van der Waals surface area contributed by atoms with Gasteiger partial charge in [-0.25, -0.2) is 4.39 Å². The first kappa shape index (κ1) is 12.8. The summed E-state index contributed by atoms with van der Waals surface area (Å²) in [7, 11) is 0. The molecule has 0 radical (unpaired) electrons. The van der Waals surface area contributed by atoms with Crippen molar-refractivity contribution in [2.24, 2.45) is 0 Å². The minimum atomic E-state index is -0.298. The van der Waals surface area contributed by atoms with Crippen molar-refractivity contribution >= 4 is 0 Å². The zero-order valence-corrected chi connectivity index (χ0v) is 9.96. The lowest BCUT2D eigenvalue weighted by Crippen LogP contribution is -2.23. The molecule has 16 heavy (non-hydrogen) atoms. The normalized spacial score (nSPS) is 12.4. The summed E-state index contributed by atoms with van der Waals surface area (Å²) in [5.41, 5.74) is 1.97. The van der Waals surface area contributed by atoms with E-state index in [2.05, 4.69) is 23.8 Å². The van der Waals surface area contributed by atoms with Crippen LogP contribution < -0.4 is 5.32 Å². The van der Waals surface area contributed by atoms with Gasteiger partial charge in [-0.1, -0.05) is 12.5 Å². The van der Waals surface area contributed by atoms with Crippen LogP contribution in [0.25, 0.3) is 0 Å². The van der Waals surface area contributed by atoms with E-state index in [1.54, 1.807) is 6.07 Å². The number of pyridine rings is 1. The largest absolute Gasteiger partial charge is 0.308 e. The fourth-order valence-electron chi connectivity index (χ4n) is 1.54. The Morgan fingerprint density at radius 1 is 1.56 bits per heavy atom. The van der Waals surface area contributed by atoms with Crippen molar-refractivity contribution in [3.63, 3.8) is 0 Å². The first-order valence-electron chi connectivity index (χ1n) is 5.62. The molecule has 0 amide bonds. The van der Waals surface area contributed by atoms with Gasteiger partial charge in [-0.3, -0.25) is 4.98 Å². The summed E-state index contributed by atoms with van der Waals surface area (Å²) in [6, 6.07) is 3.31. The summed E-state index contributed by atoms with van der Waals surface area (Å²) in [4.78, 5) is 4.11. The monoisotopic (exact) mass is 222 g/mol. The zero-order chi connectivity index (χ0) is 12.0. The number of hydrogen-bond acceptors (Lipinski definition) is 2. The molecule has 1 unspecified atom stereocenters. The molecule has 1 aromatic rings. The molecule has 0 bridgehead atoms. The highest BCUT2D eigenvalue weighted by atomic mass is 19.1. The topological polar surface area (TPSA) is 24.9 Å². The zero-order valence-electron chi connectivity index (χ0n) is 9.96. The molecule has 1 heterocycles. The summed E-state index contributed by atoms with van der Waals surface area (Å²) in [6.45, 7) is 8.94. The third-order valence-electron chi connectivity index (χ3n) is 2.30. The summed E-state index contributed by atoms with van der Waals surface area (Å²) in [5.74, 6) is -0.298. The number of nitrogens with one attached hydrogen (secondary N) is 1. The molecule has 0 saturated carbocycles. The van der Waals surface area contributed by atoms with Gasteiger partial charge in [-0.15, -0.1) is 6.58 Å². The van der Waals surface area contributed by atoms with Gasteiger partial charge in [0.25, 0.3) is 0 Å². The SMILES string of the molecule is C=C(C)CC(NCCC)c1ccc(F)cn1. The Morgan fingerprint density at radius 3 is 2.81 bits per heavy atom. The van der Waals surface area contributed by atoms with Gasteiger partial charge in [-0.2, -0.15) is 0 Å². The van der Waals surface area contributed by atoms with E-state index in [4.69, 9.17) is 0 Å². The average Bonchev–Trinajstić information content (AvgIpc) is 2.25. The molecule has 2 nitrogen and oxygen atoms in total. The Hall–Kier alpha value is -1.22. The van der Waals surface area contributed by atoms with E-state index >= 15 is 0 Å². The van der Waals surface area contributed by atoms with Gasteiger partial charge < -0.3 is 5.32 Å². The van der Waals surface area contributed by atoms with Crippen LogP contribution in [0.2, 0.25) is 0 Å². The first-order valence-corrected chi connectivity index (χ1v) is 5.62. The van der Waals surface area contributed by atoms with Crippen molar-refractivity contribution in [3.8, 4) is 0 Å². The molecule has 0 saturated heterocycles. The number of nitrogens with zero attached hydrogens (tertiary/aromatic N) is 1. The highest BCUT2D eigenvalue weighted by Crippen LogP contribution is 2.18. The van der Waals surface area contributed by atoms with E-state index in [1.807, 2.05) is 6.92 Å². The maximum atomic E-state index is 12.8. The van der Waals surface area contributed by atoms with Crippen LogP contribution in [0.1, 0.15) is 38.4 Å². The van der Waals surface area contributed by atoms with Crippen molar-refractivity contribution in [2.45, 2.75) is 32.7 Å². The van der Waals surface area contributed by atoms with Gasteiger partial charge in [0.2, 0.25) is 0 Å². The number of rotatable bonds is 6. The molecule has 3 heteroatoms. The Kier molecular flexibility index (Phi) is 5.12. The standard InChI is InChI=1S/C13H19FN2/c1-4-7-15-13(8-10(2)3)12-6-5-11(14)9-16-12/h5-6,9,13,15H,2,4,7-8H2,1,3H3. The van der Waals surface area contributed by atoms with E-state index in [9.17, 15) is 4.39 Å². The van der Waals surface area contributed by atoms with Crippen LogP contribution in [-0.2, 0) is 0 Å². The summed E-state index contributed by atoms with van der Waals surface area (Å²) in [5, 5.41) is 3.39. The maximum absolute atomic E-state index is 12.8. The Bertz CT molecular complexity index is 332. The lowest BCUT2D eigenvalue weighted by atomic mass is 10.0. The van der Waals surface area contributed by atoms with Crippen molar-refractivity contribution in [3.05, 3.63) is 42.0 Å². The van der Waals surface area contributed by atoms with Crippen LogP contribution in [0, 0.1) is 5.82 Å². The van der Waals surface area contributed by atoms with Gasteiger partial charge in [0.1, 0.15) is 5.82 Å². The predicted octanol–water partition coefficient (Wildman–Crippen LogP) is 3.23. The third kappa shape index (κ3) is 4.11. The van der Waals surface area contributed by atoms with Crippen LogP contribution >= 0.6 is 0 Å². The second kappa shape index (κ2) is 6.38. The molecule has 1 rings (SSSR count). The van der Waals surface area contributed by atoms with Gasteiger partial charge >= 0.3 is 0 Å². The molecule has 0 spiro atoms. The number of halogens is 1. The van der Waals surface area contributed by atoms with Gasteiger partial charge in [0, 0.05) is 0 Å². The number of hydrogen-bond donors (Lipinski definition) is 1. The quantitative estimate of drug-likeness (QED) is 0.747. The molecule has 0 aromatic carbocycles. The molecule has 0 fully saturated rings. The maximum Gasteiger partial charge on any atom is 0.141 e. The molecular weight excluding hydrogens is 203 g/mol. The molecule has 1 atom stereocenters. The first-order chi connectivity index (χ1) is 7.63. The fourth-order valence-corrected chi connectivity index (χ4v) is 1.54. The summed E-state index contributed by atoms with van der Waals surface area (Å²) < 4.78 is 12.8. The number of aromatic nitrogens is 1. The van der Waals surface area contributed by atoms with Crippen molar-refractivity contribution in [2.75, 3.05) is 6.54 Å². The van der Waals surface area contributed by atoms with Crippen LogP contribution in [0.4, 0.5) is 4.39 Å². The molecule has 88 valence electrons. The van der Waals surface area contributed by atoms with Crippen LogP contribution in [0.3, 0.4) is 0 Å². The van der Waals surface area contributed by atoms with Gasteiger partial charge in [0.15, 0.2) is 0 Å². The fraction of sp³-hybridized carbons (Fsp3) is 0.462. The highest BCUT2D eigenvalue weighted by Gasteiger charge is 2.11. The van der Waals surface area contributed by atoms with Gasteiger partial charge in [-0.05, 0) is 38.4 Å². The lowest BCUT2D eigenvalue weighted by Gasteiger charge is -2.17. The van der Waals surface area contributed by atoms with E-state index in [-0.39, 0.29) is 11.9 Å². The predicted molar refractivity (Wildman–Crippen MR) is 64.7 cm³/mol. The highest BCUT2D eigenvalue weighted by molar-refractivity contribution is 5.12. The van der Waals surface area contributed by atoms with Crippen molar-refractivity contribution in [1.82, 2.24) is 10.3 Å². The second-order valence-electron chi connectivity index (χ2n) is 4.07. The molecule has 1 N–H and O–H groups in total. The average molecular weight is 222 g/mol. The molecule has 0 aliphatic rings. The second-order valence-corrected chi connectivity index (χ2v) is 4.07. The van der Waals surface area contributed by atoms with Crippen LogP contribution in [0.5, 0.6) is 0 Å². The molecular formula is C13H19FN2. The Balaban J connectivity index is 2.74. The van der Waals surface area contributed by atoms with E-state index < -0.39 is 0 Å². The molecule has 1 aromatic heterocycles. The third-order valence-corrected chi connectivity index (χ3v) is 2.30. The van der Waals surface area contributed by atoms with Gasteiger partial charge in [0.05, 0.1) is 17.9 Å². The Labute approximate surface area is 96.6 Å². The summed E-state index contributed by atoms with van der Waals surface area (Å²) in [6.07, 6.45) is 3.15. The van der Waals surface area contributed by atoms with Crippen molar-refractivity contribution in [1.29, 1.82) is 0 Å². The smallest absolute Gasteiger partial charge is 0.141 e. The van der Waals surface area contributed by atoms with Crippen LogP contribution in [-0.4, -0.2) is 11.5 Å². The van der Waals surface area contributed by atoms with E-state index in [0.717, 1.165) is 30.7 Å². The van der Waals surface area contributed by atoms with Crippen LogP contribution in [0.15, 0.2) is 30.5 Å². The minimum absolute atomic E-state index is 0.137.